The van der Waals surface area contributed by atoms with Crippen LogP contribution in [0.2, 0.25) is 0 Å². The number of aliphatic carboxylic acids is 1. The van der Waals surface area contributed by atoms with E-state index in [4.69, 9.17) is 9.79 Å². The lowest BCUT2D eigenvalue weighted by molar-refractivity contribution is -0.174. The van der Waals surface area contributed by atoms with Crippen LogP contribution in [-0.2, 0) is 14.2 Å². The smallest absolute Gasteiger partial charge is 0.326 e. The first kappa shape index (κ1) is 31.0. The molecule has 0 spiro atoms. The Balaban J connectivity index is 1.30. The van der Waals surface area contributed by atoms with E-state index >= 15 is 0 Å². The van der Waals surface area contributed by atoms with Crippen molar-refractivity contribution in [1.82, 2.24) is 5.32 Å². The molecule has 0 aromatic carbocycles. The molecule has 6 N–H and O–H groups in total. The summed E-state index contributed by atoms with van der Waals surface area (Å²) in [7, 11) is -4.47. The molecule has 4 aliphatic carbocycles. The van der Waals surface area contributed by atoms with Gasteiger partial charge in [0.1, 0.15) is 0 Å². The summed E-state index contributed by atoms with van der Waals surface area (Å²) in [5.74, 6) is -0.166. The van der Waals surface area contributed by atoms with Crippen molar-refractivity contribution in [2.75, 3.05) is 12.7 Å². The highest BCUT2D eigenvalue weighted by Crippen LogP contribution is 2.68. The molecule has 0 aliphatic heterocycles. The van der Waals surface area contributed by atoms with Crippen LogP contribution < -0.4 is 5.32 Å². The summed E-state index contributed by atoms with van der Waals surface area (Å²) >= 11 is 0. The zero-order valence-corrected chi connectivity index (χ0v) is 24.7. The number of carbonyl (C=O) groups excluding carboxylic acids is 1. The fraction of sp³-hybridized carbons (Fsp3) is 0.931. The van der Waals surface area contributed by atoms with Crippen molar-refractivity contribution in [3.05, 3.63) is 0 Å². The van der Waals surface area contributed by atoms with Gasteiger partial charge in [0, 0.05) is 13.0 Å². The van der Waals surface area contributed by atoms with E-state index in [-0.39, 0.29) is 41.8 Å². The Morgan fingerprint density at radius 3 is 2.31 bits per heavy atom. The number of aliphatic hydroxyl groups is 2. The van der Waals surface area contributed by atoms with Crippen molar-refractivity contribution < 1.29 is 39.3 Å². The van der Waals surface area contributed by atoms with Gasteiger partial charge in [-0.1, -0.05) is 20.8 Å². The van der Waals surface area contributed by atoms with Crippen molar-refractivity contribution in [2.45, 2.75) is 104 Å². The second-order valence-corrected chi connectivity index (χ2v) is 15.7. The van der Waals surface area contributed by atoms with Crippen LogP contribution in [0.3, 0.4) is 0 Å². The second kappa shape index (κ2) is 11.7. The highest BCUT2D eigenvalue weighted by Gasteiger charge is 2.62. The summed E-state index contributed by atoms with van der Waals surface area (Å²) in [6.45, 7) is 7.61. The van der Waals surface area contributed by atoms with Crippen LogP contribution >= 0.6 is 7.60 Å². The van der Waals surface area contributed by atoms with Crippen molar-refractivity contribution >= 4 is 19.5 Å². The molecule has 0 saturated heterocycles. The molecule has 0 heterocycles. The molecule has 4 unspecified atom stereocenters. The number of fused-ring (bicyclic) bond motifs is 5. The Labute approximate surface area is 232 Å². The van der Waals surface area contributed by atoms with Gasteiger partial charge in [0.05, 0.1) is 24.3 Å². The third kappa shape index (κ3) is 6.43. The molecule has 39 heavy (non-hydrogen) atoms. The van der Waals surface area contributed by atoms with E-state index in [0.717, 1.165) is 57.8 Å². The zero-order chi connectivity index (χ0) is 28.8. The molecular formula is C29H50NO8P. The molecule has 0 bridgehead atoms. The first-order valence-corrected chi connectivity index (χ1v) is 16.9. The molecule has 4 rings (SSSR count). The van der Waals surface area contributed by atoms with Crippen molar-refractivity contribution in [2.24, 2.45) is 52.3 Å². The van der Waals surface area contributed by atoms with Crippen molar-refractivity contribution in [3.8, 4) is 0 Å². The van der Waals surface area contributed by atoms with E-state index < -0.39 is 25.6 Å². The van der Waals surface area contributed by atoms with Gasteiger partial charge < -0.3 is 30.4 Å². The van der Waals surface area contributed by atoms with Crippen LogP contribution in [-0.4, -0.2) is 61.9 Å². The number of amides is 1. The molecule has 11 atom stereocenters. The minimum Gasteiger partial charge on any atom is -0.481 e. The Morgan fingerprint density at radius 2 is 1.64 bits per heavy atom. The summed E-state index contributed by atoms with van der Waals surface area (Å²) in [5, 5.41) is 33.8. The SMILES string of the molecule is C[C@H](CCNC(=O)CCC(CP(=O)(O)O)C(=O)O)[C@H]1CCC2C3C(CC[C@@]21C)[C@@]1(C)CC[C@@H](O)C[C@H]1C[C@@H]3O. The van der Waals surface area contributed by atoms with Crippen LogP contribution in [0.4, 0.5) is 0 Å². The molecule has 0 aromatic heterocycles. The van der Waals surface area contributed by atoms with Gasteiger partial charge in [-0.2, -0.15) is 0 Å². The first-order valence-electron chi connectivity index (χ1n) is 15.1. The fourth-order valence-corrected chi connectivity index (χ4v) is 10.7. The Morgan fingerprint density at radius 1 is 0.974 bits per heavy atom. The minimum absolute atomic E-state index is 0.0771. The highest BCUT2D eigenvalue weighted by atomic mass is 31.2. The lowest BCUT2D eigenvalue weighted by atomic mass is 9.43. The third-order valence-corrected chi connectivity index (χ3v) is 12.8. The van der Waals surface area contributed by atoms with Gasteiger partial charge in [0.15, 0.2) is 0 Å². The number of carboxylic acids is 1. The predicted molar refractivity (Wildman–Crippen MR) is 147 cm³/mol. The molecule has 4 aliphatic rings. The van der Waals surface area contributed by atoms with E-state index in [1.54, 1.807) is 0 Å². The third-order valence-electron chi connectivity index (χ3n) is 11.9. The van der Waals surface area contributed by atoms with Gasteiger partial charge >= 0.3 is 13.6 Å². The van der Waals surface area contributed by atoms with E-state index in [1.165, 1.54) is 0 Å². The van der Waals surface area contributed by atoms with Crippen LogP contribution in [0, 0.1) is 52.3 Å². The second-order valence-electron chi connectivity index (χ2n) is 14.0. The van der Waals surface area contributed by atoms with Gasteiger partial charge in [-0.05, 0) is 111 Å². The lowest BCUT2D eigenvalue weighted by Crippen LogP contribution is -2.58. The summed E-state index contributed by atoms with van der Waals surface area (Å²) in [4.78, 5) is 41.8. The molecule has 10 heteroatoms. The standard InChI is InChI=1S/C29H50NO8P/c1-17(10-13-30-25(33)7-4-18(27(34)35)16-39(36,37)38)21-5-6-22-26-23(9-12-29(21,22)3)28(2)11-8-20(31)14-19(28)15-24(26)32/h17-24,26,31-32H,4-16H2,1-3H3,(H,30,33)(H,34,35)(H2,36,37,38)/t17-,18?,19+,20-,21-,22?,23?,24+,26?,28+,29-/m1/s1. The van der Waals surface area contributed by atoms with E-state index in [2.05, 4.69) is 26.1 Å². The van der Waals surface area contributed by atoms with Crippen LogP contribution in [0.25, 0.3) is 0 Å². The summed E-state index contributed by atoms with van der Waals surface area (Å²) in [5.41, 5.74) is 0.379. The average Bonchev–Trinajstić information content (AvgIpc) is 3.19. The Bertz CT molecular complexity index is 956. The maximum Gasteiger partial charge on any atom is 0.326 e. The molecule has 9 nitrogen and oxygen atoms in total. The van der Waals surface area contributed by atoms with E-state index in [0.29, 0.717) is 42.1 Å². The number of rotatable bonds is 10. The monoisotopic (exact) mass is 571 g/mol. The first-order chi connectivity index (χ1) is 18.2. The number of nitrogens with one attached hydrogen (secondary N) is 1. The summed E-state index contributed by atoms with van der Waals surface area (Å²) < 4.78 is 11.2. The topological polar surface area (TPSA) is 164 Å². The van der Waals surface area contributed by atoms with Crippen LogP contribution in [0.5, 0.6) is 0 Å². The molecule has 0 aromatic rings. The summed E-state index contributed by atoms with van der Waals surface area (Å²) in [6, 6.07) is 0. The van der Waals surface area contributed by atoms with Crippen molar-refractivity contribution in [1.29, 1.82) is 0 Å². The van der Waals surface area contributed by atoms with Gasteiger partial charge in [-0.3, -0.25) is 14.2 Å². The number of carbonyl (C=O) groups is 2. The van der Waals surface area contributed by atoms with Crippen molar-refractivity contribution in [3.63, 3.8) is 0 Å². The molecule has 4 saturated carbocycles. The fourth-order valence-electron chi connectivity index (χ4n) is 9.79. The zero-order valence-electron chi connectivity index (χ0n) is 23.8. The molecule has 1 amide bonds. The van der Waals surface area contributed by atoms with Gasteiger partial charge in [0.2, 0.25) is 5.91 Å². The van der Waals surface area contributed by atoms with Gasteiger partial charge in [-0.25, -0.2) is 0 Å². The molecular weight excluding hydrogens is 521 g/mol. The molecule has 224 valence electrons. The largest absolute Gasteiger partial charge is 0.481 e. The van der Waals surface area contributed by atoms with Crippen LogP contribution in [0.1, 0.15) is 91.4 Å². The lowest BCUT2D eigenvalue weighted by Gasteiger charge is -2.62. The molecule has 4 fully saturated rings. The number of carboxylic acid groups (broad SMARTS) is 1. The quantitative estimate of drug-likeness (QED) is 0.216. The van der Waals surface area contributed by atoms with E-state index in [9.17, 15) is 29.5 Å². The maximum atomic E-state index is 12.3. The Hall–Kier alpha value is -0.990. The van der Waals surface area contributed by atoms with Gasteiger partial charge in [-0.15, -0.1) is 0 Å². The minimum atomic E-state index is -4.47. The highest BCUT2D eigenvalue weighted by molar-refractivity contribution is 7.51. The van der Waals surface area contributed by atoms with Gasteiger partial charge in [0.25, 0.3) is 0 Å². The summed E-state index contributed by atoms with van der Waals surface area (Å²) in [6.07, 6.45) is 7.49. The number of hydrogen-bond donors (Lipinski definition) is 6. The van der Waals surface area contributed by atoms with E-state index in [1.807, 2.05) is 0 Å². The number of aliphatic hydroxyl groups excluding tert-OH is 2. The number of hydrogen-bond acceptors (Lipinski definition) is 5. The predicted octanol–water partition coefficient (Wildman–Crippen LogP) is 3.78. The average molecular weight is 572 g/mol. The normalized spacial score (nSPS) is 41.6. The Kier molecular flexibility index (Phi) is 9.30. The molecule has 0 radical (unpaired) electrons. The van der Waals surface area contributed by atoms with Crippen LogP contribution in [0.15, 0.2) is 0 Å². The maximum absolute atomic E-state index is 12.3.